The molecule has 1 aliphatic rings. The van der Waals surface area contributed by atoms with Gasteiger partial charge in [0.15, 0.2) is 0 Å². The Labute approximate surface area is 152 Å². The van der Waals surface area contributed by atoms with Gasteiger partial charge in [0.05, 0.1) is 5.25 Å². The van der Waals surface area contributed by atoms with Crippen molar-refractivity contribution in [2.75, 3.05) is 26.2 Å². The monoisotopic (exact) mass is 357 g/mol. The molecule has 0 bridgehead atoms. The Kier molecular flexibility index (Phi) is 5.48. The van der Waals surface area contributed by atoms with Crippen LogP contribution < -0.4 is 0 Å². The van der Waals surface area contributed by atoms with Gasteiger partial charge in [-0.15, -0.1) is 11.8 Å². The molecule has 1 N–H and O–H groups in total. The average molecular weight is 357 g/mol. The Morgan fingerprint density at radius 1 is 1.04 bits per heavy atom. The summed E-state index contributed by atoms with van der Waals surface area (Å²) in [5.41, 5.74) is 1.81. The number of rotatable bonds is 4. The fourth-order valence-electron chi connectivity index (χ4n) is 2.89. The van der Waals surface area contributed by atoms with Crippen molar-refractivity contribution in [3.05, 3.63) is 53.9 Å². The van der Waals surface area contributed by atoms with Gasteiger partial charge in [0, 0.05) is 37.3 Å². The lowest BCUT2D eigenvalue weighted by atomic mass is 10.2. The van der Waals surface area contributed by atoms with E-state index in [2.05, 4.69) is 36.2 Å². The molecule has 25 heavy (non-hydrogen) atoms. The summed E-state index contributed by atoms with van der Waals surface area (Å²) in [6, 6.07) is 11.8. The molecule has 2 amide bonds. The minimum Gasteiger partial charge on any atom is -0.357 e. The smallest absolute Gasteiger partial charge is 0.270 e. The summed E-state index contributed by atoms with van der Waals surface area (Å²) >= 11 is 1.58. The van der Waals surface area contributed by atoms with Crippen LogP contribution in [0.25, 0.3) is 0 Å². The summed E-state index contributed by atoms with van der Waals surface area (Å²) < 4.78 is 0. The van der Waals surface area contributed by atoms with E-state index < -0.39 is 0 Å². The second-order valence-corrected chi connectivity index (χ2v) is 7.69. The summed E-state index contributed by atoms with van der Waals surface area (Å²) in [6.45, 7) is 6.32. The quantitative estimate of drug-likeness (QED) is 0.856. The van der Waals surface area contributed by atoms with Gasteiger partial charge in [0.1, 0.15) is 5.69 Å². The summed E-state index contributed by atoms with van der Waals surface area (Å²) in [6.07, 6.45) is 1.75. The molecule has 0 radical (unpaired) electrons. The number of nitrogens with zero attached hydrogens (tertiary/aromatic N) is 2. The van der Waals surface area contributed by atoms with Crippen molar-refractivity contribution in [1.29, 1.82) is 0 Å². The van der Waals surface area contributed by atoms with Crippen LogP contribution >= 0.6 is 11.8 Å². The van der Waals surface area contributed by atoms with Gasteiger partial charge in [-0.1, -0.05) is 17.7 Å². The number of thioether (sulfide) groups is 1. The predicted octanol–water partition coefficient (Wildman–Crippen LogP) is 2.79. The first-order chi connectivity index (χ1) is 12.0. The number of hydrogen-bond donors (Lipinski definition) is 1. The van der Waals surface area contributed by atoms with Gasteiger partial charge in [-0.25, -0.2) is 0 Å². The Balaban J connectivity index is 1.52. The number of aryl methyl sites for hydroxylation is 1. The maximum absolute atomic E-state index is 12.7. The van der Waals surface area contributed by atoms with E-state index in [1.165, 1.54) is 5.56 Å². The number of nitrogens with one attached hydrogen (secondary N) is 1. The molecule has 0 saturated carbocycles. The van der Waals surface area contributed by atoms with E-state index in [1.807, 2.05) is 17.9 Å². The van der Waals surface area contributed by atoms with Crippen LogP contribution in [-0.4, -0.2) is 58.0 Å². The minimum atomic E-state index is -0.131. The lowest BCUT2D eigenvalue weighted by molar-refractivity contribution is -0.131. The first-order valence-corrected chi connectivity index (χ1v) is 9.37. The van der Waals surface area contributed by atoms with Crippen molar-refractivity contribution in [3.63, 3.8) is 0 Å². The molecule has 0 spiro atoms. The molecule has 6 heteroatoms. The molecule has 5 nitrogen and oxygen atoms in total. The van der Waals surface area contributed by atoms with Gasteiger partial charge >= 0.3 is 0 Å². The number of aromatic nitrogens is 1. The molecule has 3 rings (SSSR count). The number of hydrogen-bond acceptors (Lipinski definition) is 3. The van der Waals surface area contributed by atoms with E-state index in [1.54, 1.807) is 28.9 Å². The summed E-state index contributed by atoms with van der Waals surface area (Å²) in [5.74, 6) is 0.136. The normalized spacial score (nSPS) is 15.9. The zero-order chi connectivity index (χ0) is 17.8. The highest BCUT2D eigenvalue weighted by Crippen LogP contribution is 2.25. The highest BCUT2D eigenvalue weighted by molar-refractivity contribution is 8.00. The highest BCUT2D eigenvalue weighted by atomic mass is 32.2. The minimum absolute atomic E-state index is 0.000761. The number of piperazine rings is 1. The average Bonchev–Trinajstić information content (AvgIpc) is 3.17. The first kappa shape index (κ1) is 17.6. The van der Waals surface area contributed by atoms with E-state index in [4.69, 9.17) is 0 Å². The van der Waals surface area contributed by atoms with Crippen molar-refractivity contribution in [3.8, 4) is 0 Å². The predicted molar refractivity (Wildman–Crippen MR) is 99.8 cm³/mol. The summed E-state index contributed by atoms with van der Waals surface area (Å²) in [7, 11) is 0. The summed E-state index contributed by atoms with van der Waals surface area (Å²) in [5, 5.41) is -0.131. The van der Waals surface area contributed by atoms with E-state index >= 15 is 0 Å². The van der Waals surface area contributed by atoms with Crippen LogP contribution in [0.1, 0.15) is 23.0 Å². The second-order valence-electron chi connectivity index (χ2n) is 6.27. The molecule has 1 aliphatic heterocycles. The molecule has 0 aliphatic carbocycles. The van der Waals surface area contributed by atoms with Crippen LogP contribution in [0.4, 0.5) is 0 Å². The third-order valence-corrected chi connectivity index (χ3v) is 5.49. The van der Waals surface area contributed by atoms with E-state index in [-0.39, 0.29) is 17.1 Å². The molecule has 1 aromatic heterocycles. The molecule has 2 aromatic rings. The number of carbonyl (C=O) groups is 2. The van der Waals surface area contributed by atoms with Crippen molar-refractivity contribution >= 4 is 23.6 Å². The van der Waals surface area contributed by atoms with Crippen LogP contribution in [0.2, 0.25) is 0 Å². The van der Waals surface area contributed by atoms with Gasteiger partial charge in [-0.05, 0) is 38.1 Å². The zero-order valence-corrected chi connectivity index (χ0v) is 15.4. The fourth-order valence-corrected chi connectivity index (χ4v) is 3.84. The summed E-state index contributed by atoms with van der Waals surface area (Å²) in [4.78, 5) is 32.7. The Bertz CT molecular complexity index is 720. The van der Waals surface area contributed by atoms with Crippen LogP contribution in [0.5, 0.6) is 0 Å². The third kappa shape index (κ3) is 4.25. The molecule has 1 aromatic carbocycles. The van der Waals surface area contributed by atoms with Crippen LogP contribution in [0.15, 0.2) is 47.5 Å². The number of H-pyrrole nitrogens is 1. The van der Waals surface area contributed by atoms with Crippen LogP contribution in [0, 0.1) is 6.92 Å². The maximum atomic E-state index is 12.7. The number of amides is 2. The molecule has 2 heterocycles. The molecular formula is C19H23N3O2S. The SMILES string of the molecule is Cc1ccc(SC(C)C(=O)N2CCN(C(=O)c3ccc[nH]3)CC2)cc1. The third-order valence-electron chi connectivity index (χ3n) is 4.39. The van der Waals surface area contributed by atoms with E-state index in [0.29, 0.717) is 31.9 Å². The zero-order valence-electron chi connectivity index (χ0n) is 14.6. The molecule has 1 atom stereocenters. The van der Waals surface area contributed by atoms with Crippen molar-refractivity contribution < 1.29 is 9.59 Å². The molecule has 1 fully saturated rings. The van der Waals surface area contributed by atoms with Gasteiger partial charge in [-0.3, -0.25) is 9.59 Å². The molecular weight excluding hydrogens is 334 g/mol. The standard InChI is InChI=1S/C19H23N3O2S/c1-14-5-7-16(8-6-14)25-15(2)18(23)21-10-12-22(13-11-21)19(24)17-4-3-9-20-17/h3-9,15,20H,10-13H2,1-2H3. The first-order valence-electron chi connectivity index (χ1n) is 8.49. The van der Waals surface area contributed by atoms with Gasteiger partial charge in [0.25, 0.3) is 5.91 Å². The van der Waals surface area contributed by atoms with Crippen molar-refractivity contribution in [2.24, 2.45) is 0 Å². The number of benzene rings is 1. The highest BCUT2D eigenvalue weighted by Gasteiger charge is 2.28. The van der Waals surface area contributed by atoms with Crippen LogP contribution in [0.3, 0.4) is 0 Å². The van der Waals surface area contributed by atoms with Gasteiger partial charge < -0.3 is 14.8 Å². The lowest BCUT2D eigenvalue weighted by Crippen LogP contribution is -2.52. The number of carbonyl (C=O) groups excluding carboxylic acids is 2. The second kappa shape index (κ2) is 7.78. The Hall–Kier alpha value is -2.21. The Morgan fingerprint density at radius 2 is 1.68 bits per heavy atom. The van der Waals surface area contributed by atoms with Gasteiger partial charge in [-0.2, -0.15) is 0 Å². The van der Waals surface area contributed by atoms with Crippen molar-refractivity contribution in [2.45, 2.75) is 24.0 Å². The van der Waals surface area contributed by atoms with E-state index in [9.17, 15) is 9.59 Å². The van der Waals surface area contributed by atoms with E-state index in [0.717, 1.165) is 4.90 Å². The topological polar surface area (TPSA) is 56.4 Å². The van der Waals surface area contributed by atoms with Gasteiger partial charge in [0.2, 0.25) is 5.91 Å². The lowest BCUT2D eigenvalue weighted by Gasteiger charge is -2.35. The van der Waals surface area contributed by atoms with Crippen molar-refractivity contribution in [1.82, 2.24) is 14.8 Å². The maximum Gasteiger partial charge on any atom is 0.270 e. The largest absolute Gasteiger partial charge is 0.357 e. The molecule has 132 valence electrons. The Morgan fingerprint density at radius 3 is 2.28 bits per heavy atom. The number of aromatic amines is 1. The van der Waals surface area contributed by atoms with Crippen LogP contribution in [-0.2, 0) is 4.79 Å². The molecule has 1 unspecified atom stereocenters. The fraction of sp³-hybridized carbons (Fsp3) is 0.368. The molecule has 1 saturated heterocycles.